The summed E-state index contributed by atoms with van der Waals surface area (Å²) in [6.45, 7) is 4.81. The molecule has 6 heteroatoms. The van der Waals surface area contributed by atoms with Crippen molar-refractivity contribution in [2.45, 2.75) is 6.92 Å². The number of aryl methyl sites for hydroxylation is 1. The number of nitrogens with one attached hydrogen (secondary N) is 1. The maximum absolute atomic E-state index is 14.0. The molecule has 2 heterocycles. The summed E-state index contributed by atoms with van der Waals surface area (Å²) < 4.78 is 14.0. The number of amides is 1. The molecule has 0 atom stereocenters. The van der Waals surface area contributed by atoms with Crippen LogP contribution in [-0.2, 0) is 0 Å². The lowest BCUT2D eigenvalue weighted by Gasteiger charge is -2.36. The monoisotopic (exact) mass is 390 g/mol. The summed E-state index contributed by atoms with van der Waals surface area (Å²) in [4.78, 5) is 21.2. The largest absolute Gasteiger partial charge is 0.366 e. The number of carbonyl (C=O) groups excluding carboxylic acids is 1. The number of benzene rings is 2. The first-order chi connectivity index (χ1) is 14.1. The number of hydrogen-bond acceptors (Lipinski definition) is 4. The van der Waals surface area contributed by atoms with Crippen LogP contribution in [0.4, 0.5) is 21.6 Å². The van der Waals surface area contributed by atoms with E-state index in [-0.39, 0.29) is 11.7 Å². The predicted molar refractivity (Wildman–Crippen MR) is 114 cm³/mol. The van der Waals surface area contributed by atoms with Crippen LogP contribution in [0.25, 0.3) is 0 Å². The van der Waals surface area contributed by atoms with Crippen LogP contribution in [0.3, 0.4) is 0 Å². The molecule has 29 heavy (non-hydrogen) atoms. The van der Waals surface area contributed by atoms with Crippen molar-refractivity contribution in [3.8, 4) is 0 Å². The summed E-state index contributed by atoms with van der Waals surface area (Å²) in [5, 5.41) is 2.93. The second kappa shape index (κ2) is 8.31. The highest BCUT2D eigenvalue weighted by Gasteiger charge is 2.21. The molecular formula is C23H23FN4O. The van der Waals surface area contributed by atoms with Gasteiger partial charge in [-0.15, -0.1) is 0 Å². The summed E-state index contributed by atoms with van der Waals surface area (Å²) in [6.07, 6.45) is 1.66. The lowest BCUT2D eigenvalue weighted by molar-refractivity contribution is 0.102. The Morgan fingerprint density at radius 2 is 1.72 bits per heavy atom. The van der Waals surface area contributed by atoms with Gasteiger partial charge in [0.05, 0.1) is 5.69 Å². The summed E-state index contributed by atoms with van der Waals surface area (Å²) >= 11 is 0. The van der Waals surface area contributed by atoms with Gasteiger partial charge in [0, 0.05) is 43.6 Å². The number of anilines is 3. The first kappa shape index (κ1) is 18.9. The molecule has 1 aliphatic heterocycles. The van der Waals surface area contributed by atoms with Gasteiger partial charge < -0.3 is 15.1 Å². The maximum atomic E-state index is 14.0. The average Bonchev–Trinajstić information content (AvgIpc) is 2.74. The van der Waals surface area contributed by atoms with Gasteiger partial charge in [0.1, 0.15) is 11.6 Å². The zero-order valence-electron chi connectivity index (χ0n) is 16.3. The molecule has 0 aliphatic carbocycles. The standard InChI is InChI=1S/C23H23FN4O/c1-17-5-4-6-19(15-17)26-23(29)18-9-10-25-22(16-18)28-13-11-27(12-14-28)21-8-3-2-7-20(21)24/h2-10,15-16H,11-14H2,1H3,(H,26,29). The van der Waals surface area contributed by atoms with Crippen LogP contribution >= 0.6 is 0 Å². The lowest BCUT2D eigenvalue weighted by atomic mass is 10.2. The highest BCUT2D eigenvalue weighted by atomic mass is 19.1. The second-order valence-corrected chi connectivity index (χ2v) is 7.15. The van der Waals surface area contributed by atoms with Gasteiger partial charge in [-0.3, -0.25) is 4.79 Å². The van der Waals surface area contributed by atoms with Crippen molar-refractivity contribution < 1.29 is 9.18 Å². The van der Waals surface area contributed by atoms with Crippen molar-refractivity contribution in [2.75, 3.05) is 41.3 Å². The second-order valence-electron chi connectivity index (χ2n) is 7.15. The third-order valence-corrected chi connectivity index (χ3v) is 5.08. The number of rotatable bonds is 4. The van der Waals surface area contributed by atoms with E-state index in [4.69, 9.17) is 0 Å². The first-order valence-electron chi connectivity index (χ1n) is 9.69. The van der Waals surface area contributed by atoms with E-state index in [2.05, 4.69) is 15.2 Å². The Morgan fingerprint density at radius 3 is 2.48 bits per heavy atom. The van der Waals surface area contributed by atoms with Crippen molar-refractivity contribution in [3.05, 3.63) is 83.8 Å². The van der Waals surface area contributed by atoms with Gasteiger partial charge in [0.2, 0.25) is 0 Å². The summed E-state index contributed by atoms with van der Waals surface area (Å²) in [5.41, 5.74) is 3.05. The van der Waals surface area contributed by atoms with Gasteiger partial charge in [-0.1, -0.05) is 24.3 Å². The Labute approximate surface area is 169 Å². The molecule has 5 nitrogen and oxygen atoms in total. The van der Waals surface area contributed by atoms with E-state index >= 15 is 0 Å². The minimum absolute atomic E-state index is 0.163. The Hall–Kier alpha value is -3.41. The first-order valence-corrected chi connectivity index (χ1v) is 9.69. The van der Waals surface area contributed by atoms with Gasteiger partial charge in [-0.25, -0.2) is 9.37 Å². The van der Waals surface area contributed by atoms with E-state index in [1.165, 1.54) is 6.07 Å². The maximum Gasteiger partial charge on any atom is 0.255 e. The fraction of sp³-hybridized carbons (Fsp3) is 0.217. The van der Waals surface area contributed by atoms with E-state index in [0.717, 1.165) is 17.1 Å². The number of carbonyl (C=O) groups is 1. The van der Waals surface area contributed by atoms with Crippen LogP contribution in [-0.4, -0.2) is 37.1 Å². The highest BCUT2D eigenvalue weighted by Crippen LogP contribution is 2.22. The fourth-order valence-corrected chi connectivity index (χ4v) is 3.54. The van der Waals surface area contributed by atoms with Crippen molar-refractivity contribution in [3.63, 3.8) is 0 Å². The number of piperazine rings is 1. The van der Waals surface area contributed by atoms with Gasteiger partial charge in [0.15, 0.2) is 0 Å². The average molecular weight is 390 g/mol. The van der Waals surface area contributed by atoms with Crippen LogP contribution in [0.2, 0.25) is 0 Å². The normalized spacial score (nSPS) is 14.0. The Bertz CT molecular complexity index is 1020. The van der Waals surface area contributed by atoms with E-state index in [9.17, 15) is 9.18 Å². The zero-order valence-corrected chi connectivity index (χ0v) is 16.3. The molecule has 4 rings (SSSR count). The predicted octanol–water partition coefficient (Wildman–Crippen LogP) is 4.11. The topological polar surface area (TPSA) is 48.5 Å². The number of nitrogens with zero attached hydrogens (tertiary/aromatic N) is 3. The molecule has 1 fully saturated rings. The van der Waals surface area contributed by atoms with Crippen LogP contribution in [0.15, 0.2) is 66.9 Å². The smallest absolute Gasteiger partial charge is 0.255 e. The molecule has 0 saturated carbocycles. The Balaban J connectivity index is 1.43. The molecule has 148 valence electrons. The molecule has 0 spiro atoms. The molecular weight excluding hydrogens is 367 g/mol. The van der Waals surface area contributed by atoms with Crippen molar-refractivity contribution in [2.24, 2.45) is 0 Å². The molecule has 1 N–H and O–H groups in total. The molecule has 2 aromatic carbocycles. The van der Waals surface area contributed by atoms with E-state index in [0.29, 0.717) is 37.4 Å². The molecule has 1 amide bonds. The molecule has 1 aliphatic rings. The molecule has 1 saturated heterocycles. The number of hydrogen-bond donors (Lipinski definition) is 1. The van der Waals surface area contributed by atoms with Gasteiger partial charge in [0.25, 0.3) is 5.91 Å². The minimum Gasteiger partial charge on any atom is -0.366 e. The van der Waals surface area contributed by atoms with Crippen molar-refractivity contribution in [1.29, 1.82) is 0 Å². The van der Waals surface area contributed by atoms with E-state index in [1.807, 2.05) is 48.2 Å². The van der Waals surface area contributed by atoms with Crippen molar-refractivity contribution in [1.82, 2.24) is 4.98 Å². The highest BCUT2D eigenvalue weighted by molar-refractivity contribution is 6.04. The summed E-state index contributed by atoms with van der Waals surface area (Å²) in [5.74, 6) is 0.396. The lowest BCUT2D eigenvalue weighted by Crippen LogP contribution is -2.47. The Kier molecular flexibility index (Phi) is 5.42. The summed E-state index contributed by atoms with van der Waals surface area (Å²) in [7, 11) is 0. The third-order valence-electron chi connectivity index (χ3n) is 5.08. The van der Waals surface area contributed by atoms with Crippen LogP contribution in [0, 0.1) is 12.7 Å². The van der Waals surface area contributed by atoms with Crippen LogP contribution in [0.1, 0.15) is 15.9 Å². The van der Waals surface area contributed by atoms with Crippen LogP contribution < -0.4 is 15.1 Å². The molecule has 0 bridgehead atoms. The van der Waals surface area contributed by atoms with Gasteiger partial charge in [-0.05, 0) is 48.9 Å². The SMILES string of the molecule is Cc1cccc(NC(=O)c2ccnc(N3CCN(c4ccccc4F)CC3)c2)c1. The summed E-state index contributed by atoms with van der Waals surface area (Å²) in [6, 6.07) is 18.1. The number of para-hydroxylation sites is 1. The third kappa shape index (κ3) is 4.37. The number of pyridine rings is 1. The minimum atomic E-state index is -0.200. The number of aromatic nitrogens is 1. The quantitative estimate of drug-likeness (QED) is 0.728. The molecule has 0 unspecified atom stereocenters. The van der Waals surface area contributed by atoms with E-state index in [1.54, 1.807) is 24.4 Å². The van der Waals surface area contributed by atoms with E-state index < -0.39 is 0 Å². The number of halogens is 1. The molecule has 3 aromatic rings. The van der Waals surface area contributed by atoms with Crippen molar-refractivity contribution >= 4 is 23.1 Å². The van der Waals surface area contributed by atoms with Crippen LogP contribution in [0.5, 0.6) is 0 Å². The molecule has 1 aromatic heterocycles. The zero-order chi connectivity index (χ0) is 20.2. The molecule has 0 radical (unpaired) electrons. The Morgan fingerprint density at radius 1 is 0.966 bits per heavy atom. The van der Waals surface area contributed by atoms with Gasteiger partial charge >= 0.3 is 0 Å². The van der Waals surface area contributed by atoms with Gasteiger partial charge in [-0.2, -0.15) is 0 Å². The fourth-order valence-electron chi connectivity index (χ4n) is 3.54.